The Labute approximate surface area is 201 Å². The molecule has 0 aromatic heterocycles. The Balaban J connectivity index is 1.31. The van der Waals surface area contributed by atoms with Crippen LogP contribution in [0.2, 0.25) is 0 Å². The van der Waals surface area contributed by atoms with Crippen molar-refractivity contribution < 1.29 is 27.5 Å². The Bertz CT molecular complexity index is 1180. The summed E-state index contributed by atoms with van der Waals surface area (Å²) >= 11 is 0. The van der Waals surface area contributed by atoms with Gasteiger partial charge in [0.25, 0.3) is 11.8 Å². The molecule has 0 aliphatic carbocycles. The van der Waals surface area contributed by atoms with E-state index >= 15 is 0 Å². The molecule has 3 aromatic rings. The van der Waals surface area contributed by atoms with Gasteiger partial charge in [-0.05, 0) is 72.5 Å². The van der Waals surface area contributed by atoms with Crippen LogP contribution in [-0.2, 0) is 6.18 Å². The number of nitrogens with zero attached hydrogens (tertiary/aromatic N) is 1. The number of amides is 2. The van der Waals surface area contributed by atoms with Gasteiger partial charge in [-0.15, -0.1) is 0 Å². The summed E-state index contributed by atoms with van der Waals surface area (Å²) in [6.07, 6.45) is -3.30. The van der Waals surface area contributed by atoms with Crippen molar-refractivity contribution in [2.45, 2.75) is 25.1 Å². The Hall–Kier alpha value is -3.81. The first-order valence-electron chi connectivity index (χ1n) is 11.3. The van der Waals surface area contributed by atoms with Crippen LogP contribution in [0.1, 0.15) is 39.1 Å². The Morgan fingerprint density at radius 2 is 1.51 bits per heavy atom. The van der Waals surface area contributed by atoms with Crippen molar-refractivity contribution in [1.82, 2.24) is 10.2 Å². The van der Waals surface area contributed by atoms with Gasteiger partial charge in [0, 0.05) is 30.3 Å². The summed E-state index contributed by atoms with van der Waals surface area (Å²) in [5.74, 6) is 0.266. The van der Waals surface area contributed by atoms with Crippen LogP contribution >= 0.6 is 0 Å². The number of alkyl halides is 3. The summed E-state index contributed by atoms with van der Waals surface area (Å²) in [5, 5.41) is 2.86. The van der Waals surface area contributed by atoms with E-state index in [1.54, 1.807) is 24.1 Å². The Morgan fingerprint density at radius 1 is 0.886 bits per heavy atom. The molecule has 4 rings (SSSR count). The maximum absolute atomic E-state index is 12.9. The molecular formula is C27H25F3N2O3. The number of nitrogens with one attached hydrogen (secondary N) is 1. The summed E-state index contributed by atoms with van der Waals surface area (Å²) in [6.45, 7) is 0.961. The standard InChI is InChI=1S/C27H25F3N2O3/c1-35-24-4-2-3-21(17-24)18-5-7-20(8-6-18)26(34)32-15-13-23(14-16-32)31-25(33)19-9-11-22(12-10-19)27(28,29)30/h2-12,17,23H,13-16H2,1H3,(H,31,33). The maximum Gasteiger partial charge on any atom is 0.416 e. The van der Waals surface area contributed by atoms with E-state index in [2.05, 4.69) is 5.32 Å². The highest BCUT2D eigenvalue weighted by atomic mass is 19.4. The van der Waals surface area contributed by atoms with E-state index in [0.29, 0.717) is 31.5 Å². The number of ether oxygens (including phenoxy) is 1. The molecule has 0 saturated carbocycles. The van der Waals surface area contributed by atoms with Gasteiger partial charge >= 0.3 is 6.18 Å². The lowest BCUT2D eigenvalue weighted by Crippen LogP contribution is -2.46. The SMILES string of the molecule is COc1cccc(-c2ccc(C(=O)N3CCC(NC(=O)c4ccc(C(F)(F)F)cc4)CC3)cc2)c1. The molecule has 2 amide bonds. The van der Waals surface area contributed by atoms with Gasteiger partial charge in [-0.2, -0.15) is 13.2 Å². The van der Waals surface area contributed by atoms with Crippen LogP contribution in [0.25, 0.3) is 11.1 Å². The molecular weight excluding hydrogens is 457 g/mol. The summed E-state index contributed by atoms with van der Waals surface area (Å²) < 4.78 is 43.4. The molecule has 1 saturated heterocycles. The van der Waals surface area contributed by atoms with E-state index in [9.17, 15) is 22.8 Å². The highest BCUT2D eigenvalue weighted by Crippen LogP contribution is 2.29. The van der Waals surface area contributed by atoms with Gasteiger partial charge < -0.3 is 15.0 Å². The smallest absolute Gasteiger partial charge is 0.416 e. The maximum atomic E-state index is 12.9. The molecule has 1 aliphatic heterocycles. The molecule has 8 heteroatoms. The quantitative estimate of drug-likeness (QED) is 0.529. The van der Waals surface area contributed by atoms with Crippen LogP contribution in [0.3, 0.4) is 0 Å². The van der Waals surface area contributed by atoms with E-state index in [1.165, 1.54) is 12.1 Å². The summed E-state index contributed by atoms with van der Waals surface area (Å²) in [6, 6.07) is 19.1. The van der Waals surface area contributed by atoms with Crippen LogP contribution < -0.4 is 10.1 Å². The third kappa shape index (κ3) is 5.82. The van der Waals surface area contributed by atoms with Gasteiger partial charge in [0.15, 0.2) is 0 Å². The summed E-state index contributed by atoms with van der Waals surface area (Å²) in [7, 11) is 1.62. The van der Waals surface area contributed by atoms with Crippen molar-refractivity contribution in [3.8, 4) is 16.9 Å². The molecule has 1 heterocycles. The zero-order valence-corrected chi connectivity index (χ0v) is 19.1. The predicted octanol–water partition coefficient (Wildman–Crippen LogP) is 5.42. The van der Waals surface area contributed by atoms with Crippen molar-refractivity contribution in [2.24, 2.45) is 0 Å². The summed E-state index contributed by atoms with van der Waals surface area (Å²) in [4.78, 5) is 27.1. The van der Waals surface area contributed by atoms with Crippen LogP contribution in [0.15, 0.2) is 72.8 Å². The fraction of sp³-hybridized carbons (Fsp3) is 0.259. The van der Waals surface area contributed by atoms with Gasteiger partial charge in [-0.1, -0.05) is 24.3 Å². The highest BCUT2D eigenvalue weighted by molar-refractivity contribution is 5.95. The van der Waals surface area contributed by atoms with Crippen LogP contribution in [-0.4, -0.2) is 43.0 Å². The number of methoxy groups -OCH3 is 1. The van der Waals surface area contributed by atoms with Crippen molar-refractivity contribution in [1.29, 1.82) is 0 Å². The topological polar surface area (TPSA) is 58.6 Å². The number of piperidine rings is 1. The number of carbonyl (C=O) groups is 2. The molecule has 5 nitrogen and oxygen atoms in total. The molecule has 0 bridgehead atoms. The second-order valence-electron chi connectivity index (χ2n) is 8.42. The van der Waals surface area contributed by atoms with Crippen molar-refractivity contribution >= 4 is 11.8 Å². The zero-order valence-electron chi connectivity index (χ0n) is 19.1. The Kier molecular flexibility index (Phi) is 7.10. The van der Waals surface area contributed by atoms with Crippen LogP contribution in [0.4, 0.5) is 13.2 Å². The third-order valence-electron chi connectivity index (χ3n) is 6.13. The van der Waals surface area contributed by atoms with Gasteiger partial charge in [-0.3, -0.25) is 9.59 Å². The number of carbonyl (C=O) groups excluding carboxylic acids is 2. The first-order valence-corrected chi connectivity index (χ1v) is 11.3. The highest BCUT2D eigenvalue weighted by Gasteiger charge is 2.30. The van der Waals surface area contributed by atoms with Crippen molar-refractivity contribution in [2.75, 3.05) is 20.2 Å². The van der Waals surface area contributed by atoms with Gasteiger partial charge in [-0.25, -0.2) is 0 Å². The lowest BCUT2D eigenvalue weighted by atomic mass is 10.0. The minimum absolute atomic E-state index is 0.0743. The van der Waals surface area contributed by atoms with E-state index in [-0.39, 0.29) is 17.5 Å². The van der Waals surface area contributed by atoms with E-state index in [1.807, 2.05) is 36.4 Å². The number of benzene rings is 3. The number of hydrogen-bond acceptors (Lipinski definition) is 3. The second kappa shape index (κ2) is 10.2. The molecule has 182 valence electrons. The third-order valence-corrected chi connectivity index (χ3v) is 6.13. The first kappa shape index (κ1) is 24.3. The monoisotopic (exact) mass is 482 g/mol. The second-order valence-corrected chi connectivity index (χ2v) is 8.42. The average molecular weight is 483 g/mol. The molecule has 0 atom stereocenters. The molecule has 1 aliphatic rings. The number of rotatable bonds is 5. The van der Waals surface area contributed by atoms with Crippen molar-refractivity contribution in [3.05, 3.63) is 89.5 Å². The normalized spacial score (nSPS) is 14.5. The molecule has 35 heavy (non-hydrogen) atoms. The van der Waals surface area contributed by atoms with Crippen LogP contribution in [0, 0.1) is 0 Å². The van der Waals surface area contributed by atoms with E-state index in [0.717, 1.165) is 29.0 Å². The van der Waals surface area contributed by atoms with Gasteiger partial charge in [0.2, 0.25) is 0 Å². The average Bonchev–Trinajstić information content (AvgIpc) is 2.88. The minimum atomic E-state index is -4.44. The lowest BCUT2D eigenvalue weighted by Gasteiger charge is -2.32. The van der Waals surface area contributed by atoms with Crippen LogP contribution in [0.5, 0.6) is 5.75 Å². The zero-order chi connectivity index (χ0) is 25.0. The summed E-state index contributed by atoms with van der Waals surface area (Å²) in [5.41, 5.74) is 1.94. The Morgan fingerprint density at radius 3 is 2.11 bits per heavy atom. The first-order chi connectivity index (χ1) is 16.7. The van der Waals surface area contributed by atoms with Crippen molar-refractivity contribution in [3.63, 3.8) is 0 Å². The predicted molar refractivity (Wildman–Crippen MR) is 126 cm³/mol. The lowest BCUT2D eigenvalue weighted by molar-refractivity contribution is -0.137. The fourth-order valence-corrected chi connectivity index (χ4v) is 4.10. The molecule has 0 spiro atoms. The van der Waals surface area contributed by atoms with E-state index < -0.39 is 17.6 Å². The minimum Gasteiger partial charge on any atom is -0.497 e. The number of likely N-dealkylation sites (tertiary alicyclic amines) is 1. The van der Waals surface area contributed by atoms with Gasteiger partial charge in [0.1, 0.15) is 5.75 Å². The van der Waals surface area contributed by atoms with Gasteiger partial charge in [0.05, 0.1) is 12.7 Å². The fourth-order valence-electron chi connectivity index (χ4n) is 4.10. The molecule has 3 aromatic carbocycles. The number of hydrogen-bond donors (Lipinski definition) is 1. The van der Waals surface area contributed by atoms with E-state index in [4.69, 9.17) is 4.74 Å². The molecule has 1 fully saturated rings. The molecule has 0 radical (unpaired) electrons. The number of halogens is 3. The molecule has 0 unspecified atom stereocenters. The molecule has 1 N–H and O–H groups in total. The largest absolute Gasteiger partial charge is 0.497 e.